The average molecular weight is 320 g/mol. The van der Waals surface area contributed by atoms with E-state index in [-0.39, 0.29) is 10.9 Å². The Kier molecular flexibility index (Phi) is 5.16. The van der Waals surface area contributed by atoms with E-state index in [2.05, 4.69) is 104 Å². The van der Waals surface area contributed by atoms with Crippen molar-refractivity contribution in [3.05, 3.63) is 90.5 Å². The second-order valence-corrected chi connectivity index (χ2v) is 7.84. The third-order valence-corrected chi connectivity index (χ3v) is 5.85. The summed E-state index contributed by atoms with van der Waals surface area (Å²) in [6.07, 6.45) is 0. The van der Waals surface area contributed by atoms with Crippen molar-refractivity contribution in [2.45, 2.75) is 21.2 Å². The van der Waals surface area contributed by atoms with Crippen LogP contribution < -0.4 is 0 Å². The van der Waals surface area contributed by atoms with E-state index in [9.17, 15) is 0 Å². The Bertz CT molecular complexity index is 681. The molecule has 3 aromatic rings. The average Bonchev–Trinajstić information content (AvgIpc) is 2.58. The van der Waals surface area contributed by atoms with E-state index >= 15 is 0 Å². The van der Waals surface area contributed by atoms with Gasteiger partial charge in [-0.25, -0.2) is 0 Å². The van der Waals surface area contributed by atoms with Crippen LogP contribution in [0.5, 0.6) is 0 Å². The van der Waals surface area contributed by atoms with Gasteiger partial charge in [0.15, 0.2) is 14.7 Å². The molecule has 0 N–H and O–H groups in total. The molecule has 0 radical (unpaired) electrons. The third kappa shape index (κ3) is 4.04. The first kappa shape index (κ1) is 15.9. The zero-order valence-electron chi connectivity index (χ0n) is 13.6. The van der Waals surface area contributed by atoms with Gasteiger partial charge in [-0.2, -0.15) is 0 Å². The zero-order valence-corrected chi connectivity index (χ0v) is 14.5. The van der Waals surface area contributed by atoms with E-state index in [1.54, 1.807) is 0 Å². The highest BCUT2D eigenvalue weighted by molar-refractivity contribution is 7.97. The predicted octanol–water partition coefficient (Wildman–Crippen LogP) is 4.84. The molecule has 0 aliphatic carbocycles. The van der Waals surface area contributed by atoms with Crippen molar-refractivity contribution >= 4 is 10.9 Å². The van der Waals surface area contributed by atoms with Crippen molar-refractivity contribution in [1.29, 1.82) is 0 Å². The molecule has 23 heavy (non-hydrogen) atoms. The highest BCUT2D eigenvalue weighted by Gasteiger charge is 2.27. The standard InChI is InChI=1S/C21H22NS/c1-22(2)17-18-13-15-21(16-14-18)23(19-9-5-3-6-10-19)20-11-7-4-8-12-20/h3-16H,17H2,1-2H3/q+1. The smallest absolute Gasteiger partial charge is 0.166 e. The molecular weight excluding hydrogens is 298 g/mol. The van der Waals surface area contributed by atoms with Crippen LogP contribution in [0.15, 0.2) is 99.6 Å². The van der Waals surface area contributed by atoms with Gasteiger partial charge in [0.2, 0.25) is 0 Å². The number of benzene rings is 3. The molecule has 0 unspecified atom stereocenters. The molecule has 0 aliphatic rings. The Balaban J connectivity index is 1.99. The predicted molar refractivity (Wildman–Crippen MR) is 98.9 cm³/mol. The van der Waals surface area contributed by atoms with Crippen LogP contribution >= 0.6 is 0 Å². The second kappa shape index (κ2) is 7.49. The van der Waals surface area contributed by atoms with Crippen LogP contribution in [-0.2, 0) is 17.4 Å². The molecule has 0 saturated heterocycles. The summed E-state index contributed by atoms with van der Waals surface area (Å²) in [5.41, 5.74) is 1.35. The zero-order chi connectivity index (χ0) is 16.1. The third-order valence-electron chi connectivity index (χ3n) is 3.62. The Morgan fingerprint density at radius 3 is 1.48 bits per heavy atom. The van der Waals surface area contributed by atoms with E-state index < -0.39 is 0 Å². The molecule has 3 rings (SSSR count). The van der Waals surface area contributed by atoms with Crippen LogP contribution in [0.4, 0.5) is 0 Å². The summed E-state index contributed by atoms with van der Waals surface area (Å²) < 4.78 is 0. The van der Waals surface area contributed by atoms with Gasteiger partial charge in [0.05, 0.1) is 10.9 Å². The molecule has 0 atom stereocenters. The molecule has 0 aliphatic heterocycles. The van der Waals surface area contributed by atoms with Gasteiger partial charge in [0.25, 0.3) is 0 Å². The van der Waals surface area contributed by atoms with Gasteiger partial charge in [-0.1, -0.05) is 48.5 Å². The van der Waals surface area contributed by atoms with Gasteiger partial charge in [0.1, 0.15) is 0 Å². The Morgan fingerprint density at radius 2 is 1.04 bits per heavy atom. The molecule has 0 saturated carbocycles. The van der Waals surface area contributed by atoms with Crippen molar-refractivity contribution in [2.24, 2.45) is 0 Å². The summed E-state index contributed by atoms with van der Waals surface area (Å²) in [5, 5.41) is 0. The molecule has 0 fully saturated rings. The van der Waals surface area contributed by atoms with E-state index in [0.717, 1.165) is 6.54 Å². The van der Waals surface area contributed by atoms with E-state index in [4.69, 9.17) is 0 Å². The summed E-state index contributed by atoms with van der Waals surface area (Å²) in [4.78, 5) is 6.28. The monoisotopic (exact) mass is 320 g/mol. The van der Waals surface area contributed by atoms with Crippen LogP contribution in [0.3, 0.4) is 0 Å². The molecule has 0 amide bonds. The SMILES string of the molecule is CN(C)Cc1ccc([S+](c2ccccc2)c2ccccc2)cc1. The highest BCUT2D eigenvalue weighted by atomic mass is 32.2. The van der Waals surface area contributed by atoms with Crippen molar-refractivity contribution in [1.82, 2.24) is 4.90 Å². The fourth-order valence-corrected chi connectivity index (χ4v) is 4.70. The quantitative estimate of drug-likeness (QED) is 0.608. The molecule has 0 spiro atoms. The fraction of sp³-hybridized carbons (Fsp3) is 0.143. The Labute approximate surface area is 141 Å². The largest absolute Gasteiger partial charge is 0.305 e. The molecule has 116 valence electrons. The number of nitrogens with zero attached hydrogens (tertiary/aromatic N) is 1. The molecule has 2 heteroatoms. The first-order chi connectivity index (χ1) is 11.2. The number of hydrogen-bond donors (Lipinski definition) is 0. The van der Waals surface area contributed by atoms with Crippen molar-refractivity contribution in [3.8, 4) is 0 Å². The van der Waals surface area contributed by atoms with Crippen molar-refractivity contribution in [2.75, 3.05) is 14.1 Å². The van der Waals surface area contributed by atoms with Gasteiger partial charge >= 0.3 is 0 Å². The lowest BCUT2D eigenvalue weighted by Gasteiger charge is -2.11. The second-order valence-electron chi connectivity index (χ2n) is 5.81. The van der Waals surface area contributed by atoms with Crippen molar-refractivity contribution < 1.29 is 0 Å². The van der Waals surface area contributed by atoms with E-state index in [1.807, 2.05) is 0 Å². The Morgan fingerprint density at radius 1 is 0.609 bits per heavy atom. The van der Waals surface area contributed by atoms with Crippen LogP contribution in [-0.4, -0.2) is 19.0 Å². The van der Waals surface area contributed by atoms with E-state index in [1.165, 1.54) is 20.2 Å². The minimum absolute atomic E-state index is 0.0492. The minimum Gasteiger partial charge on any atom is -0.305 e. The first-order valence-electron chi connectivity index (χ1n) is 7.82. The fourth-order valence-electron chi connectivity index (χ4n) is 2.62. The maximum atomic E-state index is 2.28. The van der Waals surface area contributed by atoms with Crippen LogP contribution in [0.2, 0.25) is 0 Å². The van der Waals surface area contributed by atoms with Crippen LogP contribution in [0, 0.1) is 0 Å². The van der Waals surface area contributed by atoms with Crippen LogP contribution in [0.25, 0.3) is 0 Å². The minimum atomic E-state index is -0.0492. The maximum Gasteiger partial charge on any atom is 0.166 e. The summed E-state index contributed by atoms with van der Waals surface area (Å²) in [6, 6.07) is 30.6. The highest BCUT2D eigenvalue weighted by Crippen LogP contribution is 2.31. The lowest BCUT2D eigenvalue weighted by molar-refractivity contribution is 0.402. The summed E-state index contributed by atoms with van der Waals surface area (Å²) in [5.74, 6) is 0. The molecule has 3 aromatic carbocycles. The molecule has 0 heterocycles. The maximum absolute atomic E-state index is 2.28. The Hall–Kier alpha value is -2.03. The first-order valence-corrected chi connectivity index (χ1v) is 9.04. The summed E-state index contributed by atoms with van der Waals surface area (Å²) in [7, 11) is 4.16. The van der Waals surface area contributed by atoms with Gasteiger partial charge in [-0.15, -0.1) is 0 Å². The number of hydrogen-bond acceptors (Lipinski definition) is 1. The molecule has 1 nitrogen and oxygen atoms in total. The van der Waals surface area contributed by atoms with E-state index in [0.29, 0.717) is 0 Å². The van der Waals surface area contributed by atoms with Crippen molar-refractivity contribution in [3.63, 3.8) is 0 Å². The lowest BCUT2D eigenvalue weighted by atomic mass is 10.2. The lowest BCUT2D eigenvalue weighted by Crippen LogP contribution is -2.11. The van der Waals surface area contributed by atoms with Crippen LogP contribution in [0.1, 0.15) is 5.56 Å². The summed E-state index contributed by atoms with van der Waals surface area (Å²) in [6.45, 7) is 0.977. The van der Waals surface area contributed by atoms with Gasteiger partial charge < -0.3 is 4.90 Å². The van der Waals surface area contributed by atoms with Gasteiger partial charge in [-0.05, 0) is 56.1 Å². The molecule has 0 aromatic heterocycles. The molecular formula is C21H22NS+. The number of rotatable bonds is 5. The summed E-state index contributed by atoms with van der Waals surface area (Å²) >= 11 is 0. The topological polar surface area (TPSA) is 3.24 Å². The molecule has 0 bridgehead atoms. The van der Waals surface area contributed by atoms with Gasteiger partial charge in [-0.3, -0.25) is 0 Å². The normalized spacial score (nSPS) is 11.1. The van der Waals surface area contributed by atoms with Gasteiger partial charge in [0, 0.05) is 6.54 Å².